The quantitative estimate of drug-likeness (QED) is 0.620. The maximum Gasteiger partial charge on any atom is 0.162 e. The highest BCUT2D eigenvalue weighted by molar-refractivity contribution is 7.13. The van der Waals surface area contributed by atoms with Gasteiger partial charge in [0.15, 0.2) is 10.8 Å². The lowest BCUT2D eigenvalue weighted by Crippen LogP contribution is -2.17. The van der Waals surface area contributed by atoms with Crippen LogP contribution in [0.15, 0.2) is 46.4 Å². The first-order valence-electron chi connectivity index (χ1n) is 6.73. The van der Waals surface area contributed by atoms with Crippen molar-refractivity contribution < 1.29 is 4.42 Å². The first kappa shape index (κ1) is 15.6. The van der Waals surface area contributed by atoms with Gasteiger partial charge in [0.1, 0.15) is 0 Å². The Morgan fingerprint density at radius 3 is 2.82 bits per heavy atom. The van der Waals surface area contributed by atoms with E-state index in [0.29, 0.717) is 16.6 Å². The Balaban J connectivity index is 1.67. The van der Waals surface area contributed by atoms with E-state index in [9.17, 15) is 0 Å². The van der Waals surface area contributed by atoms with Gasteiger partial charge in [-0.25, -0.2) is 4.98 Å². The molecule has 1 aromatic carbocycles. The first-order valence-corrected chi connectivity index (χ1v) is 8.37. The van der Waals surface area contributed by atoms with Crippen LogP contribution in [0.4, 0.5) is 0 Å². The second kappa shape index (κ2) is 6.84. The van der Waals surface area contributed by atoms with Crippen LogP contribution in [0.2, 0.25) is 10.0 Å². The normalized spacial score (nSPS) is 11.3. The zero-order valence-electron chi connectivity index (χ0n) is 11.9. The molecule has 0 aliphatic carbocycles. The van der Waals surface area contributed by atoms with E-state index in [1.54, 1.807) is 23.7 Å². The number of aromatic nitrogens is 1. The third-order valence-corrected chi connectivity index (χ3v) is 4.95. The van der Waals surface area contributed by atoms with Crippen molar-refractivity contribution in [1.29, 1.82) is 0 Å². The lowest BCUT2D eigenvalue weighted by Gasteiger charge is -2.16. The smallest absolute Gasteiger partial charge is 0.162 e. The van der Waals surface area contributed by atoms with Gasteiger partial charge in [-0.2, -0.15) is 0 Å². The fraction of sp³-hybridized carbons (Fsp3) is 0.188. The summed E-state index contributed by atoms with van der Waals surface area (Å²) in [5, 5.41) is 4.15. The molecule has 22 heavy (non-hydrogen) atoms. The Morgan fingerprint density at radius 2 is 2.05 bits per heavy atom. The third-order valence-electron chi connectivity index (χ3n) is 3.19. The van der Waals surface area contributed by atoms with Gasteiger partial charge in [-0.1, -0.05) is 35.3 Å². The average molecular weight is 353 g/mol. The third kappa shape index (κ3) is 3.52. The maximum absolute atomic E-state index is 6.23. The number of benzene rings is 1. The van der Waals surface area contributed by atoms with E-state index >= 15 is 0 Å². The summed E-state index contributed by atoms with van der Waals surface area (Å²) in [4.78, 5) is 6.75. The van der Waals surface area contributed by atoms with E-state index < -0.39 is 0 Å². The molecule has 0 saturated heterocycles. The van der Waals surface area contributed by atoms with Gasteiger partial charge in [-0.05, 0) is 30.8 Å². The van der Waals surface area contributed by atoms with Crippen molar-refractivity contribution in [1.82, 2.24) is 9.88 Å². The highest BCUT2D eigenvalue weighted by atomic mass is 35.5. The number of thiazole rings is 1. The van der Waals surface area contributed by atoms with E-state index in [1.807, 2.05) is 36.7 Å². The number of nitrogens with zero attached hydrogens (tertiary/aromatic N) is 2. The number of furan rings is 1. The minimum absolute atomic E-state index is 0.585. The largest absolute Gasteiger partial charge is 0.462 e. The molecule has 0 N–H and O–H groups in total. The zero-order chi connectivity index (χ0) is 15.5. The van der Waals surface area contributed by atoms with Gasteiger partial charge in [0, 0.05) is 18.5 Å². The van der Waals surface area contributed by atoms with Gasteiger partial charge in [0.2, 0.25) is 0 Å². The number of rotatable bonds is 5. The fourth-order valence-electron chi connectivity index (χ4n) is 2.19. The molecule has 0 unspecified atom stereocenters. The molecule has 6 heteroatoms. The minimum atomic E-state index is 0.585. The topological polar surface area (TPSA) is 29.3 Å². The van der Waals surface area contributed by atoms with E-state index in [-0.39, 0.29) is 0 Å². The van der Waals surface area contributed by atoms with Crippen molar-refractivity contribution in [2.45, 2.75) is 13.1 Å². The molecule has 0 fully saturated rings. The zero-order valence-corrected chi connectivity index (χ0v) is 14.3. The number of hydrogen-bond acceptors (Lipinski definition) is 4. The molecule has 0 amide bonds. The molecule has 0 radical (unpaired) electrons. The van der Waals surface area contributed by atoms with Gasteiger partial charge in [-0.3, -0.25) is 4.90 Å². The van der Waals surface area contributed by atoms with Crippen molar-refractivity contribution in [2.75, 3.05) is 7.05 Å². The van der Waals surface area contributed by atoms with E-state index in [2.05, 4.69) is 9.88 Å². The van der Waals surface area contributed by atoms with Crippen molar-refractivity contribution in [2.24, 2.45) is 0 Å². The van der Waals surface area contributed by atoms with E-state index in [4.69, 9.17) is 27.6 Å². The molecule has 0 saturated carbocycles. The summed E-state index contributed by atoms with van der Waals surface area (Å²) < 4.78 is 5.36. The van der Waals surface area contributed by atoms with Crippen LogP contribution in [-0.2, 0) is 13.1 Å². The van der Waals surface area contributed by atoms with E-state index in [0.717, 1.165) is 28.6 Å². The molecular weight excluding hydrogens is 339 g/mol. The van der Waals surface area contributed by atoms with Crippen molar-refractivity contribution >= 4 is 34.5 Å². The summed E-state index contributed by atoms with van der Waals surface area (Å²) in [6.45, 7) is 1.45. The van der Waals surface area contributed by atoms with Crippen molar-refractivity contribution in [3.63, 3.8) is 0 Å². The summed E-state index contributed by atoms with van der Waals surface area (Å²) in [7, 11) is 2.03. The lowest BCUT2D eigenvalue weighted by atomic mass is 10.2. The lowest BCUT2D eigenvalue weighted by molar-refractivity contribution is 0.316. The standard InChI is InChI=1S/C16H14Cl2N2OS/c1-20(8-11-4-2-5-13(17)15(11)18)9-12-10-22-16(19-12)14-6-3-7-21-14/h2-7,10H,8-9H2,1H3. The fourth-order valence-corrected chi connectivity index (χ4v) is 3.34. The van der Waals surface area contributed by atoms with Gasteiger partial charge in [-0.15, -0.1) is 11.3 Å². The average Bonchev–Trinajstić information content (AvgIpc) is 3.14. The van der Waals surface area contributed by atoms with Crippen LogP contribution in [0.25, 0.3) is 10.8 Å². The molecule has 0 spiro atoms. The number of halogens is 2. The molecule has 0 bridgehead atoms. The second-order valence-electron chi connectivity index (χ2n) is 5.01. The summed E-state index contributed by atoms with van der Waals surface area (Å²) in [5.41, 5.74) is 2.02. The molecule has 2 aromatic heterocycles. The Morgan fingerprint density at radius 1 is 1.18 bits per heavy atom. The van der Waals surface area contributed by atoms with Crippen molar-refractivity contribution in [3.05, 3.63) is 63.3 Å². The minimum Gasteiger partial charge on any atom is -0.462 e. The Kier molecular flexibility index (Phi) is 4.84. The van der Waals surface area contributed by atoms with Crippen LogP contribution < -0.4 is 0 Å². The van der Waals surface area contributed by atoms with Crippen LogP contribution in [-0.4, -0.2) is 16.9 Å². The summed E-state index contributed by atoms with van der Waals surface area (Å²) >= 11 is 13.9. The predicted molar refractivity (Wildman–Crippen MR) is 91.4 cm³/mol. The number of hydrogen-bond donors (Lipinski definition) is 0. The van der Waals surface area contributed by atoms with Crippen LogP contribution in [0.3, 0.4) is 0 Å². The molecule has 3 aromatic rings. The Bertz CT molecular complexity index is 755. The molecule has 114 valence electrons. The SMILES string of the molecule is CN(Cc1csc(-c2ccco2)n1)Cc1cccc(Cl)c1Cl. The van der Waals surface area contributed by atoms with Gasteiger partial charge < -0.3 is 4.42 Å². The molecule has 3 rings (SSSR count). The summed E-state index contributed by atoms with van der Waals surface area (Å²) in [5.74, 6) is 0.803. The highest BCUT2D eigenvalue weighted by Gasteiger charge is 2.11. The molecule has 2 heterocycles. The van der Waals surface area contributed by atoms with Gasteiger partial charge in [0.25, 0.3) is 0 Å². The molecule has 0 atom stereocenters. The monoisotopic (exact) mass is 352 g/mol. The predicted octanol–water partition coefficient (Wildman–Crippen LogP) is 5.34. The Hall–Kier alpha value is -1.33. The Labute approximate surface area is 143 Å². The summed E-state index contributed by atoms with van der Waals surface area (Å²) in [6.07, 6.45) is 1.66. The molecule has 0 aliphatic heterocycles. The van der Waals surface area contributed by atoms with Gasteiger partial charge >= 0.3 is 0 Å². The summed E-state index contributed by atoms with van der Waals surface area (Å²) in [6, 6.07) is 9.47. The van der Waals surface area contributed by atoms with E-state index in [1.165, 1.54) is 0 Å². The molecule has 3 nitrogen and oxygen atoms in total. The second-order valence-corrected chi connectivity index (χ2v) is 6.65. The highest BCUT2D eigenvalue weighted by Crippen LogP contribution is 2.27. The maximum atomic E-state index is 6.23. The van der Waals surface area contributed by atoms with Crippen LogP contribution in [0.5, 0.6) is 0 Å². The van der Waals surface area contributed by atoms with Crippen LogP contribution in [0, 0.1) is 0 Å². The first-order chi connectivity index (χ1) is 10.6. The van der Waals surface area contributed by atoms with Crippen molar-refractivity contribution in [3.8, 4) is 10.8 Å². The molecular formula is C16H14Cl2N2OS. The van der Waals surface area contributed by atoms with Crippen LogP contribution in [0.1, 0.15) is 11.3 Å². The molecule has 0 aliphatic rings. The van der Waals surface area contributed by atoms with Crippen LogP contribution >= 0.6 is 34.5 Å². The van der Waals surface area contributed by atoms with Gasteiger partial charge in [0.05, 0.1) is 22.0 Å².